The van der Waals surface area contributed by atoms with Crippen LogP contribution >= 0.6 is 0 Å². The molecule has 0 heterocycles. The Balaban J connectivity index is 4.97. The predicted octanol–water partition coefficient (Wildman–Crippen LogP) is 7.89. The molecule has 0 aliphatic heterocycles. The summed E-state index contributed by atoms with van der Waals surface area (Å²) in [7, 11) is 5.49. The average Bonchev–Trinajstić information content (AvgIpc) is 3.08. The van der Waals surface area contributed by atoms with Gasteiger partial charge in [0.2, 0.25) is 17.7 Å². The second-order valence-corrected chi connectivity index (χ2v) is 14.1. The van der Waals surface area contributed by atoms with Gasteiger partial charge < -0.3 is 28.9 Å². The van der Waals surface area contributed by atoms with E-state index in [0.717, 1.165) is 58.2 Å². The monoisotopic (exact) mass is 684 g/mol. The number of ether oxygens (including phenoxy) is 3. The Labute approximate surface area is 296 Å². The Kier molecular flexibility index (Phi) is 30.2. The first-order chi connectivity index (χ1) is 23.2. The van der Waals surface area contributed by atoms with Crippen LogP contribution in [0.1, 0.15) is 150 Å². The Morgan fingerprint density at radius 1 is 0.417 bits per heavy atom. The fraction of sp³-hybridized carbons (Fsp3) is 0.923. The summed E-state index contributed by atoms with van der Waals surface area (Å²) >= 11 is 0. The molecule has 0 aromatic rings. The van der Waals surface area contributed by atoms with Crippen LogP contribution in [0.2, 0.25) is 0 Å². The number of likely N-dealkylation sites (N-methyl/N-ethyl adjacent to an activating group) is 3. The zero-order valence-corrected chi connectivity index (χ0v) is 32.6. The minimum Gasteiger partial charge on any atom is -0.371 e. The van der Waals surface area contributed by atoms with E-state index in [9.17, 15) is 14.4 Å². The first-order valence-corrected chi connectivity index (χ1v) is 19.6. The summed E-state index contributed by atoms with van der Waals surface area (Å²) in [5.41, 5.74) is -0.589. The molecule has 3 amide bonds. The number of amides is 3. The lowest BCUT2D eigenvalue weighted by Crippen LogP contribution is -2.41. The van der Waals surface area contributed by atoms with E-state index < -0.39 is 5.41 Å². The maximum atomic E-state index is 12.8. The van der Waals surface area contributed by atoms with E-state index in [-0.39, 0.29) is 57.4 Å². The van der Waals surface area contributed by atoms with Crippen molar-refractivity contribution < 1.29 is 28.6 Å². The van der Waals surface area contributed by atoms with Crippen molar-refractivity contribution in [2.75, 3.05) is 80.4 Å². The quantitative estimate of drug-likeness (QED) is 0.0642. The van der Waals surface area contributed by atoms with Gasteiger partial charge in [-0.25, -0.2) is 0 Å². The van der Waals surface area contributed by atoms with Gasteiger partial charge in [0.1, 0.15) is 19.8 Å². The van der Waals surface area contributed by atoms with Crippen molar-refractivity contribution in [2.45, 2.75) is 150 Å². The molecular formula is C39H77N3O6. The molecule has 0 aromatic heterocycles. The summed E-state index contributed by atoms with van der Waals surface area (Å²) in [6, 6.07) is 0. The van der Waals surface area contributed by atoms with Crippen molar-refractivity contribution in [1.82, 2.24) is 14.7 Å². The van der Waals surface area contributed by atoms with Gasteiger partial charge in [0.15, 0.2) is 0 Å². The molecule has 0 aromatic carbocycles. The molecule has 0 atom stereocenters. The van der Waals surface area contributed by atoms with Crippen molar-refractivity contribution >= 4 is 17.7 Å². The van der Waals surface area contributed by atoms with Crippen LogP contribution in [0.3, 0.4) is 0 Å². The topological polar surface area (TPSA) is 88.6 Å². The van der Waals surface area contributed by atoms with E-state index in [0.29, 0.717) is 6.42 Å². The Bertz CT molecular complexity index is 698. The van der Waals surface area contributed by atoms with Gasteiger partial charge in [-0.15, -0.1) is 0 Å². The highest BCUT2D eigenvalue weighted by Gasteiger charge is 2.31. The SMILES string of the molecule is CCCCCCCCN(C)C(=O)COCC(CC)(COCC(=O)N(C)CCCCCCCC)COCC(=O)N(C)CCCCCCCC. The number of carbonyl (C=O) groups excluding carboxylic acids is 3. The molecule has 9 heteroatoms. The van der Waals surface area contributed by atoms with Crippen LogP contribution in [0.15, 0.2) is 0 Å². The van der Waals surface area contributed by atoms with Crippen LogP contribution < -0.4 is 0 Å². The molecule has 0 aliphatic carbocycles. The Morgan fingerprint density at radius 3 is 0.917 bits per heavy atom. The molecule has 48 heavy (non-hydrogen) atoms. The average molecular weight is 684 g/mol. The summed E-state index contributed by atoms with van der Waals surface area (Å²) in [4.78, 5) is 43.6. The molecule has 0 radical (unpaired) electrons. The molecule has 0 unspecified atom stereocenters. The molecule has 0 spiro atoms. The van der Waals surface area contributed by atoms with Crippen molar-refractivity contribution in [3.8, 4) is 0 Å². The second-order valence-electron chi connectivity index (χ2n) is 14.1. The zero-order chi connectivity index (χ0) is 35.9. The molecule has 9 nitrogen and oxygen atoms in total. The number of carbonyl (C=O) groups is 3. The van der Waals surface area contributed by atoms with Crippen molar-refractivity contribution in [1.29, 1.82) is 0 Å². The normalized spacial score (nSPS) is 11.6. The van der Waals surface area contributed by atoms with Crippen molar-refractivity contribution in [2.24, 2.45) is 5.41 Å². The number of unbranched alkanes of at least 4 members (excludes halogenated alkanes) is 15. The third kappa shape index (κ3) is 24.4. The van der Waals surface area contributed by atoms with E-state index in [1.54, 1.807) is 14.7 Å². The van der Waals surface area contributed by atoms with Gasteiger partial charge in [0.25, 0.3) is 0 Å². The smallest absolute Gasteiger partial charge is 0.248 e. The molecule has 0 bridgehead atoms. The van der Waals surface area contributed by atoms with E-state index >= 15 is 0 Å². The van der Waals surface area contributed by atoms with E-state index in [1.807, 2.05) is 28.1 Å². The lowest BCUT2D eigenvalue weighted by atomic mass is 9.88. The number of rotatable bonds is 34. The zero-order valence-electron chi connectivity index (χ0n) is 32.6. The molecule has 0 aliphatic rings. The van der Waals surface area contributed by atoms with Crippen LogP contribution in [-0.2, 0) is 28.6 Å². The molecule has 0 fully saturated rings. The maximum Gasteiger partial charge on any atom is 0.248 e. The second kappa shape index (κ2) is 31.3. The van der Waals surface area contributed by atoms with E-state index in [2.05, 4.69) is 20.8 Å². The highest BCUT2D eigenvalue weighted by molar-refractivity contribution is 5.77. The van der Waals surface area contributed by atoms with Crippen LogP contribution in [0, 0.1) is 5.41 Å². The first-order valence-electron chi connectivity index (χ1n) is 19.6. The lowest BCUT2D eigenvalue weighted by Gasteiger charge is -2.32. The Morgan fingerprint density at radius 2 is 0.667 bits per heavy atom. The van der Waals surface area contributed by atoms with Crippen LogP contribution in [0.25, 0.3) is 0 Å². The summed E-state index contributed by atoms with van der Waals surface area (Å²) in [6.07, 6.45) is 21.9. The predicted molar refractivity (Wildman–Crippen MR) is 198 cm³/mol. The summed E-state index contributed by atoms with van der Waals surface area (Å²) in [5, 5.41) is 0. The van der Waals surface area contributed by atoms with Gasteiger partial charge in [-0.1, -0.05) is 124 Å². The number of hydrogen-bond donors (Lipinski definition) is 0. The minimum absolute atomic E-state index is 0.0199. The first kappa shape index (κ1) is 46.3. The van der Waals surface area contributed by atoms with Gasteiger partial charge >= 0.3 is 0 Å². The third-order valence-electron chi connectivity index (χ3n) is 9.47. The molecule has 284 valence electrons. The van der Waals surface area contributed by atoms with Gasteiger partial charge in [-0.2, -0.15) is 0 Å². The fourth-order valence-corrected chi connectivity index (χ4v) is 5.59. The summed E-state index contributed by atoms with van der Waals surface area (Å²) < 4.78 is 18.0. The standard InChI is InChI=1S/C39H77N3O6/c1-8-12-15-18-21-24-27-40(5)36(43)30-46-33-39(11-4,34-47-31-37(44)41(6)28-25-22-19-16-13-9-2)35-48-32-38(45)42(7)29-26-23-20-17-14-10-3/h8-35H2,1-7H3. The van der Waals surface area contributed by atoms with E-state index in [1.165, 1.54) is 77.0 Å². The molecule has 0 saturated heterocycles. The van der Waals surface area contributed by atoms with Gasteiger partial charge in [0, 0.05) is 46.2 Å². The minimum atomic E-state index is -0.589. The third-order valence-corrected chi connectivity index (χ3v) is 9.47. The highest BCUT2D eigenvalue weighted by Crippen LogP contribution is 2.24. The van der Waals surface area contributed by atoms with Crippen LogP contribution in [0.4, 0.5) is 0 Å². The highest BCUT2D eigenvalue weighted by atomic mass is 16.5. The lowest BCUT2D eigenvalue weighted by molar-refractivity contribution is -0.144. The van der Waals surface area contributed by atoms with Crippen molar-refractivity contribution in [3.05, 3.63) is 0 Å². The van der Waals surface area contributed by atoms with Gasteiger partial charge in [0.05, 0.1) is 19.8 Å². The molecule has 0 N–H and O–H groups in total. The van der Waals surface area contributed by atoms with Crippen molar-refractivity contribution in [3.63, 3.8) is 0 Å². The fourth-order valence-electron chi connectivity index (χ4n) is 5.59. The summed E-state index contributed by atoms with van der Waals surface area (Å²) in [5.74, 6) is -0.143. The summed E-state index contributed by atoms with van der Waals surface area (Å²) in [6.45, 7) is 11.5. The van der Waals surface area contributed by atoms with Crippen LogP contribution in [0.5, 0.6) is 0 Å². The Hall–Kier alpha value is -1.71. The molecule has 0 saturated carbocycles. The number of nitrogens with zero attached hydrogens (tertiary/aromatic N) is 3. The van der Waals surface area contributed by atoms with Gasteiger partial charge in [-0.3, -0.25) is 14.4 Å². The molecule has 0 rings (SSSR count). The van der Waals surface area contributed by atoms with E-state index in [4.69, 9.17) is 14.2 Å². The molecular weight excluding hydrogens is 606 g/mol. The number of hydrogen-bond acceptors (Lipinski definition) is 6. The largest absolute Gasteiger partial charge is 0.371 e. The van der Waals surface area contributed by atoms with Gasteiger partial charge in [-0.05, 0) is 25.7 Å². The van der Waals surface area contributed by atoms with Crippen LogP contribution in [-0.4, -0.2) is 113 Å². The maximum absolute atomic E-state index is 12.8.